The van der Waals surface area contributed by atoms with E-state index in [1.165, 1.54) is 34.3 Å². The summed E-state index contributed by atoms with van der Waals surface area (Å²) in [7, 11) is 0. The van der Waals surface area contributed by atoms with E-state index in [9.17, 15) is 0 Å². The van der Waals surface area contributed by atoms with Gasteiger partial charge < -0.3 is 0 Å². The Hall–Kier alpha value is -1.71. The number of rotatable bonds is 4. The maximum Gasteiger partial charge on any atom is 0.0617 e. The molecule has 96 valence electrons. The first kappa shape index (κ1) is 12.3. The van der Waals surface area contributed by atoms with Crippen LogP contribution in [-0.4, -0.2) is 6.26 Å². The average Bonchev–Trinajstić information content (AvgIpc) is 2.82. The highest BCUT2D eigenvalue weighted by atomic mass is 32.2. The molecule has 0 atom stereocenters. The first-order chi connectivity index (χ1) is 9.29. The summed E-state index contributed by atoms with van der Waals surface area (Å²) in [4.78, 5) is 0. The number of hydrogen-bond donors (Lipinski definition) is 1. The molecule has 0 spiro atoms. The normalized spacial score (nSPS) is 11.8. The lowest BCUT2D eigenvalue weighted by Crippen LogP contribution is -2.07. The number of fused-ring (bicyclic) bond motifs is 3. The minimum atomic E-state index is 0.785. The molecule has 0 aromatic heterocycles. The van der Waals surface area contributed by atoms with Gasteiger partial charge in [-0.05, 0) is 40.3 Å². The predicted octanol–water partition coefficient (Wildman–Crippen LogP) is 4.03. The van der Waals surface area contributed by atoms with Crippen molar-refractivity contribution >= 4 is 17.7 Å². The van der Waals surface area contributed by atoms with Crippen molar-refractivity contribution in [2.75, 3.05) is 6.26 Å². The maximum atomic E-state index is 5.10. The molecule has 0 heterocycles. The lowest BCUT2D eigenvalue weighted by molar-refractivity contribution is 0.307. The summed E-state index contributed by atoms with van der Waals surface area (Å²) in [5, 5.41) is 0. The predicted molar refractivity (Wildman–Crippen MR) is 81.5 cm³/mol. The van der Waals surface area contributed by atoms with E-state index >= 15 is 0 Å². The Labute approximate surface area is 117 Å². The summed E-state index contributed by atoms with van der Waals surface area (Å²) < 4.78 is 5.10. The number of benzene rings is 2. The van der Waals surface area contributed by atoms with E-state index in [4.69, 9.17) is 4.28 Å². The maximum absolute atomic E-state index is 5.10. The SMILES string of the molecule is C=C(NOSC)c1ccc2c(c1)Cc1ccccc1-2. The van der Waals surface area contributed by atoms with Crippen LogP contribution in [0.2, 0.25) is 0 Å². The Balaban J connectivity index is 1.91. The van der Waals surface area contributed by atoms with Crippen molar-refractivity contribution in [3.05, 3.63) is 65.7 Å². The summed E-state index contributed by atoms with van der Waals surface area (Å²) in [5.74, 6) is 0. The van der Waals surface area contributed by atoms with Crippen molar-refractivity contribution in [3.63, 3.8) is 0 Å². The van der Waals surface area contributed by atoms with Gasteiger partial charge in [-0.15, -0.1) is 0 Å². The van der Waals surface area contributed by atoms with Crippen molar-refractivity contribution < 1.29 is 4.28 Å². The van der Waals surface area contributed by atoms with Gasteiger partial charge in [-0.25, -0.2) is 4.28 Å². The Morgan fingerprint density at radius 3 is 2.79 bits per heavy atom. The van der Waals surface area contributed by atoms with Gasteiger partial charge in [-0.1, -0.05) is 43.0 Å². The zero-order chi connectivity index (χ0) is 13.2. The van der Waals surface area contributed by atoms with Crippen molar-refractivity contribution in [1.29, 1.82) is 0 Å². The van der Waals surface area contributed by atoms with Crippen LogP contribution in [0.4, 0.5) is 0 Å². The van der Waals surface area contributed by atoms with Crippen LogP contribution in [0.5, 0.6) is 0 Å². The molecule has 2 nitrogen and oxygen atoms in total. The standard InChI is InChI=1S/C16H15NOS/c1-11(17-18-19-2)12-7-8-16-14(9-12)10-13-5-3-4-6-15(13)16/h3-9,17H,1,10H2,2H3. The van der Waals surface area contributed by atoms with Gasteiger partial charge >= 0.3 is 0 Å². The molecule has 0 unspecified atom stereocenters. The Kier molecular flexibility index (Phi) is 3.32. The van der Waals surface area contributed by atoms with Crippen LogP contribution in [-0.2, 0) is 10.7 Å². The fraction of sp³-hybridized carbons (Fsp3) is 0.125. The van der Waals surface area contributed by atoms with E-state index in [1.807, 2.05) is 6.26 Å². The highest BCUT2D eigenvalue weighted by Crippen LogP contribution is 2.37. The van der Waals surface area contributed by atoms with Gasteiger partial charge in [0.15, 0.2) is 0 Å². The van der Waals surface area contributed by atoms with Crippen molar-refractivity contribution in [2.24, 2.45) is 0 Å². The second kappa shape index (κ2) is 5.11. The zero-order valence-electron chi connectivity index (χ0n) is 10.8. The molecule has 0 amide bonds. The Bertz CT molecular complexity index is 636. The monoisotopic (exact) mass is 269 g/mol. The van der Waals surface area contributed by atoms with E-state index < -0.39 is 0 Å². The van der Waals surface area contributed by atoms with Crippen LogP contribution >= 0.6 is 12.0 Å². The lowest BCUT2D eigenvalue weighted by atomic mass is 10.0. The van der Waals surface area contributed by atoms with Gasteiger partial charge in [-0.3, -0.25) is 5.48 Å². The smallest absolute Gasteiger partial charge is 0.0617 e. The van der Waals surface area contributed by atoms with Gasteiger partial charge in [0.1, 0.15) is 0 Å². The quantitative estimate of drug-likeness (QED) is 0.571. The summed E-state index contributed by atoms with van der Waals surface area (Å²) >= 11 is 1.27. The summed E-state index contributed by atoms with van der Waals surface area (Å²) in [6.07, 6.45) is 2.86. The van der Waals surface area contributed by atoms with Gasteiger partial charge in [0, 0.05) is 18.3 Å². The van der Waals surface area contributed by atoms with Crippen LogP contribution in [0, 0.1) is 0 Å². The first-order valence-electron chi connectivity index (χ1n) is 6.16. The molecule has 0 fully saturated rings. The van der Waals surface area contributed by atoms with E-state index in [2.05, 4.69) is 54.5 Å². The molecule has 1 N–H and O–H groups in total. The number of hydrogen-bond acceptors (Lipinski definition) is 3. The van der Waals surface area contributed by atoms with Crippen LogP contribution < -0.4 is 5.48 Å². The highest BCUT2D eigenvalue weighted by Gasteiger charge is 2.18. The molecule has 2 aromatic carbocycles. The second-order valence-electron chi connectivity index (χ2n) is 4.54. The minimum Gasteiger partial charge on any atom is -0.254 e. The van der Waals surface area contributed by atoms with Crippen LogP contribution in [0.1, 0.15) is 16.7 Å². The number of nitrogens with one attached hydrogen (secondary N) is 1. The van der Waals surface area contributed by atoms with Crippen LogP contribution in [0.15, 0.2) is 49.0 Å². The van der Waals surface area contributed by atoms with E-state index in [0.717, 1.165) is 17.7 Å². The third kappa shape index (κ3) is 2.27. The fourth-order valence-corrected chi connectivity index (χ4v) is 2.67. The largest absolute Gasteiger partial charge is 0.254 e. The van der Waals surface area contributed by atoms with Crippen LogP contribution in [0.25, 0.3) is 16.8 Å². The summed E-state index contributed by atoms with van der Waals surface area (Å²) in [6.45, 7) is 3.99. The molecule has 0 saturated carbocycles. The van der Waals surface area contributed by atoms with Gasteiger partial charge in [0.25, 0.3) is 0 Å². The average molecular weight is 269 g/mol. The molecule has 0 bridgehead atoms. The molecule has 1 aliphatic carbocycles. The molecule has 2 aromatic rings. The van der Waals surface area contributed by atoms with Gasteiger partial charge in [-0.2, -0.15) is 0 Å². The van der Waals surface area contributed by atoms with Crippen LogP contribution in [0.3, 0.4) is 0 Å². The highest BCUT2D eigenvalue weighted by molar-refractivity contribution is 7.93. The minimum absolute atomic E-state index is 0.785. The molecular formula is C16H15NOS. The third-order valence-corrected chi connectivity index (χ3v) is 3.64. The Morgan fingerprint density at radius 1 is 1.16 bits per heavy atom. The Morgan fingerprint density at radius 2 is 1.95 bits per heavy atom. The van der Waals surface area contributed by atoms with E-state index in [0.29, 0.717) is 0 Å². The first-order valence-corrected chi connectivity index (χ1v) is 7.30. The van der Waals surface area contributed by atoms with Gasteiger partial charge in [0.05, 0.1) is 5.70 Å². The molecule has 0 radical (unpaired) electrons. The molecule has 19 heavy (non-hydrogen) atoms. The lowest BCUT2D eigenvalue weighted by Gasteiger charge is -2.09. The molecule has 3 rings (SSSR count). The number of hydroxylamine groups is 1. The van der Waals surface area contributed by atoms with E-state index in [-0.39, 0.29) is 0 Å². The molecule has 0 saturated heterocycles. The molecule has 1 aliphatic rings. The fourth-order valence-electron chi connectivity index (χ4n) is 2.48. The molecular weight excluding hydrogens is 254 g/mol. The summed E-state index contributed by atoms with van der Waals surface area (Å²) in [6, 6.07) is 15.0. The van der Waals surface area contributed by atoms with Crippen molar-refractivity contribution in [3.8, 4) is 11.1 Å². The second-order valence-corrected chi connectivity index (χ2v) is 5.04. The topological polar surface area (TPSA) is 21.3 Å². The third-order valence-electron chi connectivity index (χ3n) is 3.39. The van der Waals surface area contributed by atoms with Crippen molar-refractivity contribution in [2.45, 2.75) is 6.42 Å². The molecule has 0 aliphatic heterocycles. The van der Waals surface area contributed by atoms with E-state index in [1.54, 1.807) is 0 Å². The zero-order valence-corrected chi connectivity index (χ0v) is 11.6. The molecule has 3 heteroatoms. The van der Waals surface area contributed by atoms with Gasteiger partial charge in [0.2, 0.25) is 0 Å². The van der Waals surface area contributed by atoms with Crippen molar-refractivity contribution in [1.82, 2.24) is 5.48 Å². The summed E-state index contributed by atoms with van der Waals surface area (Å²) in [5.41, 5.74) is 10.1.